The standard InChI is InChI=1S/C16H21IN2O3/c1-2-22-16(21)12-6-5-9-19(10-12)11-15(20)18-14-8-4-3-7-13(14)17/h3-4,7-8,12H,2,5-6,9-11H2,1H3,(H,18,20)/t12-/m0/s1. The largest absolute Gasteiger partial charge is 0.466 e. The Bertz CT molecular complexity index is 536. The Kier molecular flexibility index (Phi) is 6.63. The van der Waals surface area contributed by atoms with Crippen molar-refractivity contribution in [3.63, 3.8) is 0 Å². The maximum absolute atomic E-state index is 12.2. The highest BCUT2D eigenvalue weighted by Crippen LogP contribution is 2.19. The van der Waals surface area contributed by atoms with Gasteiger partial charge in [-0.25, -0.2) is 0 Å². The minimum absolute atomic E-state index is 0.0476. The van der Waals surface area contributed by atoms with Crippen molar-refractivity contribution >= 4 is 40.2 Å². The van der Waals surface area contributed by atoms with Crippen molar-refractivity contribution < 1.29 is 14.3 Å². The molecule has 0 aromatic heterocycles. The van der Waals surface area contributed by atoms with E-state index >= 15 is 0 Å². The number of hydrogen-bond acceptors (Lipinski definition) is 4. The summed E-state index contributed by atoms with van der Waals surface area (Å²) >= 11 is 2.20. The molecule has 1 N–H and O–H groups in total. The van der Waals surface area contributed by atoms with Crippen LogP contribution < -0.4 is 5.32 Å². The van der Waals surface area contributed by atoms with Gasteiger partial charge in [0.15, 0.2) is 0 Å². The topological polar surface area (TPSA) is 58.6 Å². The molecular formula is C16H21IN2O3. The molecule has 0 saturated carbocycles. The fourth-order valence-electron chi connectivity index (χ4n) is 2.61. The number of likely N-dealkylation sites (tertiary alicyclic amines) is 1. The van der Waals surface area contributed by atoms with Crippen molar-refractivity contribution in [2.75, 3.05) is 31.6 Å². The Morgan fingerprint density at radius 2 is 2.18 bits per heavy atom. The van der Waals surface area contributed by atoms with Gasteiger partial charge >= 0.3 is 5.97 Å². The molecule has 1 aromatic carbocycles. The predicted molar refractivity (Wildman–Crippen MR) is 93.6 cm³/mol. The summed E-state index contributed by atoms with van der Waals surface area (Å²) in [4.78, 5) is 26.0. The quantitative estimate of drug-likeness (QED) is 0.592. The van der Waals surface area contributed by atoms with Crippen LogP contribution in [0.5, 0.6) is 0 Å². The summed E-state index contributed by atoms with van der Waals surface area (Å²) in [7, 11) is 0. The van der Waals surface area contributed by atoms with Gasteiger partial charge in [-0.3, -0.25) is 14.5 Å². The van der Waals surface area contributed by atoms with Crippen molar-refractivity contribution in [1.29, 1.82) is 0 Å². The fraction of sp³-hybridized carbons (Fsp3) is 0.500. The first-order valence-electron chi connectivity index (χ1n) is 7.53. The fourth-order valence-corrected chi connectivity index (χ4v) is 3.13. The molecule has 5 nitrogen and oxygen atoms in total. The van der Waals surface area contributed by atoms with Crippen molar-refractivity contribution in [2.45, 2.75) is 19.8 Å². The Balaban J connectivity index is 1.86. The van der Waals surface area contributed by atoms with Crippen LogP contribution in [-0.2, 0) is 14.3 Å². The minimum Gasteiger partial charge on any atom is -0.466 e. The second-order valence-corrected chi connectivity index (χ2v) is 6.52. The summed E-state index contributed by atoms with van der Waals surface area (Å²) in [5.74, 6) is -0.308. The number of carbonyl (C=O) groups is 2. The molecule has 0 spiro atoms. The maximum Gasteiger partial charge on any atom is 0.310 e. The summed E-state index contributed by atoms with van der Waals surface area (Å²) in [6.45, 7) is 3.96. The average Bonchev–Trinajstić information content (AvgIpc) is 2.50. The third-order valence-corrected chi connectivity index (χ3v) is 4.58. The SMILES string of the molecule is CCOC(=O)[C@H]1CCCN(CC(=O)Nc2ccccc2I)C1. The second-order valence-electron chi connectivity index (χ2n) is 5.35. The smallest absolute Gasteiger partial charge is 0.310 e. The number of nitrogens with zero attached hydrogens (tertiary/aromatic N) is 1. The first-order valence-corrected chi connectivity index (χ1v) is 8.61. The van der Waals surface area contributed by atoms with Gasteiger partial charge in [-0.15, -0.1) is 0 Å². The van der Waals surface area contributed by atoms with E-state index in [-0.39, 0.29) is 17.8 Å². The normalized spacial score (nSPS) is 18.7. The number of esters is 1. The van der Waals surface area contributed by atoms with Gasteiger partial charge in [0.2, 0.25) is 5.91 Å². The molecule has 1 atom stereocenters. The lowest BCUT2D eigenvalue weighted by atomic mass is 9.98. The van der Waals surface area contributed by atoms with E-state index in [0.29, 0.717) is 19.7 Å². The molecule has 1 aromatic rings. The number of benzene rings is 1. The van der Waals surface area contributed by atoms with Gasteiger partial charge in [0.05, 0.1) is 24.8 Å². The number of amides is 1. The highest BCUT2D eigenvalue weighted by molar-refractivity contribution is 14.1. The van der Waals surface area contributed by atoms with Crippen LogP contribution in [-0.4, -0.2) is 43.0 Å². The van der Waals surface area contributed by atoms with Gasteiger partial charge in [-0.05, 0) is 61.0 Å². The number of rotatable bonds is 5. The number of ether oxygens (including phenoxy) is 1. The predicted octanol–water partition coefficient (Wildman–Crippen LogP) is 2.50. The summed E-state index contributed by atoms with van der Waals surface area (Å²) in [5.41, 5.74) is 0.826. The third-order valence-electron chi connectivity index (χ3n) is 3.64. The monoisotopic (exact) mass is 416 g/mol. The van der Waals surface area contributed by atoms with E-state index in [9.17, 15) is 9.59 Å². The Morgan fingerprint density at radius 1 is 1.41 bits per heavy atom. The summed E-state index contributed by atoms with van der Waals surface area (Å²) < 4.78 is 6.09. The molecule has 1 saturated heterocycles. The van der Waals surface area contributed by atoms with Gasteiger partial charge in [0.1, 0.15) is 0 Å². The van der Waals surface area contributed by atoms with Crippen LogP contribution in [0.4, 0.5) is 5.69 Å². The average molecular weight is 416 g/mol. The Hall–Kier alpha value is -1.15. The molecule has 1 amide bonds. The van der Waals surface area contributed by atoms with E-state index in [4.69, 9.17) is 4.74 Å². The summed E-state index contributed by atoms with van der Waals surface area (Å²) in [6.07, 6.45) is 1.76. The van der Waals surface area contributed by atoms with Crippen LogP contribution in [0.15, 0.2) is 24.3 Å². The second kappa shape index (κ2) is 8.47. The van der Waals surface area contributed by atoms with Gasteiger partial charge in [-0.1, -0.05) is 12.1 Å². The van der Waals surface area contributed by atoms with Crippen LogP contribution in [0.1, 0.15) is 19.8 Å². The van der Waals surface area contributed by atoms with Crippen molar-refractivity contribution in [2.24, 2.45) is 5.92 Å². The zero-order valence-electron chi connectivity index (χ0n) is 12.7. The van der Waals surface area contributed by atoms with Gasteiger partial charge < -0.3 is 10.1 Å². The van der Waals surface area contributed by atoms with E-state index in [1.807, 2.05) is 36.1 Å². The van der Waals surface area contributed by atoms with Crippen LogP contribution in [0.25, 0.3) is 0 Å². The molecule has 0 bridgehead atoms. The highest BCUT2D eigenvalue weighted by atomic mass is 127. The lowest BCUT2D eigenvalue weighted by Crippen LogP contribution is -2.43. The van der Waals surface area contributed by atoms with E-state index in [1.54, 1.807) is 0 Å². The molecule has 1 fully saturated rings. The molecular weight excluding hydrogens is 395 g/mol. The molecule has 0 unspecified atom stereocenters. The number of piperidine rings is 1. The molecule has 2 rings (SSSR count). The molecule has 6 heteroatoms. The van der Waals surface area contributed by atoms with E-state index in [0.717, 1.165) is 28.6 Å². The van der Waals surface area contributed by atoms with Crippen LogP contribution in [0, 0.1) is 9.49 Å². The lowest BCUT2D eigenvalue weighted by Gasteiger charge is -2.30. The van der Waals surface area contributed by atoms with Crippen molar-refractivity contribution in [3.05, 3.63) is 27.8 Å². The first-order chi connectivity index (χ1) is 10.6. The van der Waals surface area contributed by atoms with Crippen LogP contribution in [0.3, 0.4) is 0 Å². The first kappa shape index (κ1) is 17.2. The Morgan fingerprint density at radius 3 is 2.91 bits per heavy atom. The molecule has 1 aliphatic heterocycles. The molecule has 1 heterocycles. The number of para-hydroxylation sites is 1. The zero-order chi connectivity index (χ0) is 15.9. The molecule has 0 aliphatic carbocycles. The minimum atomic E-state index is -0.148. The molecule has 120 valence electrons. The highest BCUT2D eigenvalue weighted by Gasteiger charge is 2.27. The number of hydrogen-bond donors (Lipinski definition) is 1. The van der Waals surface area contributed by atoms with Crippen LogP contribution in [0.2, 0.25) is 0 Å². The van der Waals surface area contributed by atoms with Gasteiger partial charge in [-0.2, -0.15) is 0 Å². The van der Waals surface area contributed by atoms with E-state index in [2.05, 4.69) is 27.9 Å². The summed E-state index contributed by atoms with van der Waals surface area (Å²) in [5, 5.41) is 2.92. The molecule has 0 radical (unpaired) electrons. The van der Waals surface area contributed by atoms with Gasteiger partial charge in [0.25, 0.3) is 0 Å². The number of anilines is 1. The van der Waals surface area contributed by atoms with Crippen molar-refractivity contribution in [3.8, 4) is 0 Å². The number of halogens is 1. The number of carbonyl (C=O) groups excluding carboxylic acids is 2. The summed E-state index contributed by atoms with van der Waals surface area (Å²) in [6, 6.07) is 7.67. The maximum atomic E-state index is 12.2. The van der Waals surface area contributed by atoms with E-state index < -0.39 is 0 Å². The van der Waals surface area contributed by atoms with Crippen LogP contribution >= 0.6 is 22.6 Å². The third kappa shape index (κ3) is 4.95. The molecule has 22 heavy (non-hydrogen) atoms. The lowest BCUT2D eigenvalue weighted by molar-refractivity contribution is -0.150. The van der Waals surface area contributed by atoms with Gasteiger partial charge in [0, 0.05) is 10.1 Å². The molecule has 1 aliphatic rings. The number of nitrogens with one attached hydrogen (secondary N) is 1. The Labute approximate surface area is 144 Å². The zero-order valence-corrected chi connectivity index (χ0v) is 14.8. The van der Waals surface area contributed by atoms with Crippen molar-refractivity contribution in [1.82, 2.24) is 4.90 Å². The van der Waals surface area contributed by atoms with E-state index in [1.165, 1.54) is 0 Å².